The predicted molar refractivity (Wildman–Crippen MR) is 98.1 cm³/mol. The average Bonchev–Trinajstić information content (AvgIpc) is 2.53. The highest BCUT2D eigenvalue weighted by molar-refractivity contribution is 6.47. The minimum absolute atomic E-state index is 0.345. The van der Waals surface area contributed by atoms with Crippen molar-refractivity contribution in [3.05, 3.63) is 54.2 Å². The zero-order valence-corrected chi connectivity index (χ0v) is 14.7. The van der Waals surface area contributed by atoms with Gasteiger partial charge in [0, 0.05) is 6.20 Å². The molecule has 0 amide bonds. The van der Waals surface area contributed by atoms with Crippen molar-refractivity contribution in [2.45, 2.75) is 45.1 Å². The first kappa shape index (κ1) is 18.5. The summed E-state index contributed by atoms with van der Waals surface area (Å²) in [6.07, 6.45) is 1.37. The minimum Gasteiger partial charge on any atom is -0.427 e. The topological polar surface area (TPSA) is 80.4 Å². The molecular formula is C18H25BN3O2. The van der Waals surface area contributed by atoms with Crippen LogP contribution in [0.3, 0.4) is 0 Å². The molecule has 0 saturated heterocycles. The van der Waals surface area contributed by atoms with E-state index in [2.05, 4.69) is 10.3 Å². The SMILES string of the molecule is CC(C)(O)C(C)(C)O[B]c1ccc(C(N)Nc2ccccn2)cc1. The van der Waals surface area contributed by atoms with Crippen LogP contribution >= 0.6 is 0 Å². The van der Waals surface area contributed by atoms with Crippen molar-refractivity contribution in [2.24, 2.45) is 5.73 Å². The van der Waals surface area contributed by atoms with Crippen LogP contribution in [-0.4, -0.2) is 28.8 Å². The molecular weight excluding hydrogens is 301 g/mol. The van der Waals surface area contributed by atoms with E-state index in [9.17, 15) is 5.11 Å². The monoisotopic (exact) mass is 326 g/mol. The molecule has 2 aromatic rings. The van der Waals surface area contributed by atoms with Crippen LogP contribution in [0.4, 0.5) is 5.82 Å². The Morgan fingerprint density at radius 1 is 1.12 bits per heavy atom. The third kappa shape index (κ3) is 4.80. The Kier molecular flexibility index (Phi) is 5.64. The van der Waals surface area contributed by atoms with E-state index in [0.29, 0.717) is 0 Å². The van der Waals surface area contributed by atoms with Gasteiger partial charge in [0.05, 0.1) is 11.2 Å². The molecule has 0 spiro atoms. The van der Waals surface area contributed by atoms with Crippen LogP contribution in [0.15, 0.2) is 48.7 Å². The molecule has 5 nitrogen and oxygen atoms in total. The van der Waals surface area contributed by atoms with Crippen molar-refractivity contribution >= 4 is 18.8 Å². The van der Waals surface area contributed by atoms with Crippen LogP contribution in [0.2, 0.25) is 0 Å². The molecule has 2 rings (SSSR count). The van der Waals surface area contributed by atoms with Crippen LogP contribution < -0.4 is 16.5 Å². The van der Waals surface area contributed by atoms with Crippen molar-refractivity contribution in [1.82, 2.24) is 4.98 Å². The quantitative estimate of drug-likeness (QED) is 0.535. The summed E-state index contributed by atoms with van der Waals surface area (Å²) in [5.41, 5.74) is 6.36. The third-order valence-corrected chi connectivity index (χ3v) is 4.23. The van der Waals surface area contributed by atoms with Gasteiger partial charge in [0.2, 0.25) is 0 Å². The highest BCUT2D eigenvalue weighted by Gasteiger charge is 2.35. The molecule has 24 heavy (non-hydrogen) atoms. The second kappa shape index (κ2) is 7.34. The smallest absolute Gasteiger partial charge is 0.330 e. The number of benzene rings is 1. The molecule has 0 bridgehead atoms. The van der Waals surface area contributed by atoms with Gasteiger partial charge in [-0.3, -0.25) is 0 Å². The molecule has 0 aliphatic heterocycles. The van der Waals surface area contributed by atoms with Crippen molar-refractivity contribution in [3.8, 4) is 0 Å². The van der Waals surface area contributed by atoms with Crippen molar-refractivity contribution in [2.75, 3.05) is 5.32 Å². The van der Waals surface area contributed by atoms with E-state index in [1.54, 1.807) is 27.5 Å². The number of anilines is 1. The van der Waals surface area contributed by atoms with Gasteiger partial charge in [-0.15, -0.1) is 0 Å². The lowest BCUT2D eigenvalue weighted by Gasteiger charge is -2.37. The van der Waals surface area contributed by atoms with E-state index in [1.165, 1.54) is 0 Å². The van der Waals surface area contributed by atoms with E-state index < -0.39 is 11.2 Å². The number of nitrogens with two attached hydrogens (primary N) is 1. The fourth-order valence-corrected chi connectivity index (χ4v) is 1.83. The Labute approximate surface area is 144 Å². The molecule has 127 valence electrons. The molecule has 0 aliphatic carbocycles. The van der Waals surface area contributed by atoms with Crippen LogP contribution in [-0.2, 0) is 4.65 Å². The van der Waals surface area contributed by atoms with E-state index >= 15 is 0 Å². The highest BCUT2D eigenvalue weighted by atomic mass is 16.5. The van der Waals surface area contributed by atoms with Gasteiger partial charge in [-0.1, -0.05) is 35.8 Å². The number of aromatic nitrogens is 1. The first-order valence-corrected chi connectivity index (χ1v) is 7.95. The second-order valence-electron chi connectivity index (χ2n) is 6.81. The molecule has 1 radical (unpaired) electrons. The highest BCUT2D eigenvalue weighted by Crippen LogP contribution is 2.24. The largest absolute Gasteiger partial charge is 0.427 e. The molecule has 0 saturated carbocycles. The average molecular weight is 326 g/mol. The number of hydrogen-bond acceptors (Lipinski definition) is 5. The van der Waals surface area contributed by atoms with E-state index in [4.69, 9.17) is 10.4 Å². The number of pyridine rings is 1. The van der Waals surface area contributed by atoms with E-state index in [0.717, 1.165) is 16.8 Å². The Morgan fingerprint density at radius 3 is 2.33 bits per heavy atom. The summed E-state index contributed by atoms with van der Waals surface area (Å²) in [6, 6.07) is 13.4. The summed E-state index contributed by atoms with van der Waals surface area (Å²) >= 11 is 0. The zero-order chi connectivity index (χ0) is 17.8. The van der Waals surface area contributed by atoms with E-state index in [-0.39, 0.29) is 6.17 Å². The summed E-state index contributed by atoms with van der Waals surface area (Å²) in [7, 11) is 1.65. The number of hydrogen-bond donors (Lipinski definition) is 3. The predicted octanol–water partition coefficient (Wildman–Crippen LogP) is 1.96. The molecule has 1 atom stereocenters. The standard InChI is InChI=1S/C18H25BN3O2/c1-17(2,23)18(3,4)24-19-14-10-8-13(9-11-14)16(20)22-15-7-5-6-12-21-15/h5-12,16,23H,20H2,1-4H3,(H,21,22). The van der Waals surface area contributed by atoms with Crippen molar-refractivity contribution in [1.29, 1.82) is 0 Å². The van der Waals surface area contributed by atoms with Crippen LogP contribution in [0.1, 0.15) is 39.4 Å². The van der Waals surface area contributed by atoms with Gasteiger partial charge in [0.15, 0.2) is 0 Å². The lowest BCUT2D eigenvalue weighted by molar-refractivity contribution is -0.0893. The maximum absolute atomic E-state index is 10.1. The Balaban J connectivity index is 1.95. The second-order valence-corrected chi connectivity index (χ2v) is 6.81. The molecule has 0 fully saturated rings. The first-order valence-electron chi connectivity index (χ1n) is 7.95. The van der Waals surface area contributed by atoms with Gasteiger partial charge in [-0.25, -0.2) is 4.98 Å². The maximum atomic E-state index is 10.1. The number of aliphatic hydroxyl groups is 1. The summed E-state index contributed by atoms with van der Waals surface area (Å²) in [5.74, 6) is 0.732. The van der Waals surface area contributed by atoms with E-state index in [1.807, 2.05) is 56.3 Å². The molecule has 0 aliphatic rings. The molecule has 6 heteroatoms. The fraction of sp³-hybridized carbons (Fsp3) is 0.389. The Hall–Kier alpha value is -1.89. The molecule has 1 heterocycles. The Bertz CT molecular complexity index is 640. The van der Waals surface area contributed by atoms with Gasteiger partial charge in [0.1, 0.15) is 12.0 Å². The minimum atomic E-state index is -0.946. The zero-order valence-electron chi connectivity index (χ0n) is 14.7. The third-order valence-electron chi connectivity index (χ3n) is 4.23. The molecule has 1 aromatic carbocycles. The van der Waals surface area contributed by atoms with Crippen molar-refractivity contribution in [3.63, 3.8) is 0 Å². The molecule has 1 aromatic heterocycles. The van der Waals surface area contributed by atoms with Crippen molar-refractivity contribution < 1.29 is 9.76 Å². The molecule has 1 unspecified atom stereocenters. The van der Waals surface area contributed by atoms with Crippen LogP contribution in [0.5, 0.6) is 0 Å². The summed E-state index contributed by atoms with van der Waals surface area (Å²) in [5, 5.41) is 13.3. The number of nitrogens with zero attached hydrogens (tertiary/aromatic N) is 1. The van der Waals surface area contributed by atoms with Gasteiger partial charge >= 0.3 is 7.48 Å². The van der Waals surface area contributed by atoms with Gasteiger partial charge in [-0.05, 0) is 45.4 Å². The van der Waals surface area contributed by atoms with Crippen LogP contribution in [0.25, 0.3) is 0 Å². The summed E-state index contributed by atoms with van der Waals surface area (Å²) in [4.78, 5) is 4.20. The lowest BCUT2D eigenvalue weighted by atomic mass is 9.82. The van der Waals surface area contributed by atoms with Crippen LogP contribution in [0, 0.1) is 0 Å². The normalized spacial score (nSPS) is 13.4. The number of rotatable bonds is 7. The fourth-order valence-electron chi connectivity index (χ4n) is 1.83. The molecule has 4 N–H and O–H groups in total. The summed E-state index contributed by atoms with van der Waals surface area (Å²) < 4.78 is 5.74. The van der Waals surface area contributed by atoms with Gasteiger partial charge in [-0.2, -0.15) is 0 Å². The first-order chi connectivity index (χ1) is 11.2. The maximum Gasteiger partial charge on any atom is 0.330 e. The lowest BCUT2D eigenvalue weighted by Crippen LogP contribution is -2.49. The van der Waals surface area contributed by atoms with Gasteiger partial charge < -0.3 is 20.8 Å². The number of nitrogens with one attached hydrogen (secondary N) is 1. The summed E-state index contributed by atoms with van der Waals surface area (Å²) in [6.45, 7) is 7.16. The Morgan fingerprint density at radius 2 is 1.79 bits per heavy atom. The van der Waals surface area contributed by atoms with Gasteiger partial charge in [0.25, 0.3) is 0 Å².